The summed E-state index contributed by atoms with van der Waals surface area (Å²) in [6, 6.07) is 1.96. The van der Waals surface area contributed by atoms with E-state index in [4.69, 9.17) is 20.3 Å². The molecule has 104 valence electrons. The number of hydrogen-bond donors (Lipinski definition) is 2. The summed E-state index contributed by atoms with van der Waals surface area (Å²) in [5, 5.41) is 0. The van der Waals surface area contributed by atoms with E-state index in [0.29, 0.717) is 6.54 Å². The van der Waals surface area contributed by atoms with E-state index in [9.17, 15) is 0 Å². The molecule has 0 aromatic carbocycles. The molecule has 5 heteroatoms. The molecule has 0 amide bonds. The lowest BCUT2D eigenvalue weighted by molar-refractivity contribution is 0.240. The molecule has 0 spiro atoms. The van der Waals surface area contributed by atoms with Crippen molar-refractivity contribution in [2.45, 2.75) is 50.6 Å². The number of rotatable bonds is 12. The smallest absolute Gasteiger partial charge is 0.338 e. The zero-order valence-corrected chi connectivity index (χ0v) is 12.5. The maximum Gasteiger partial charge on any atom is 0.338 e. The molecule has 0 saturated heterocycles. The molecule has 0 heterocycles. The van der Waals surface area contributed by atoms with Gasteiger partial charge in [-0.15, -0.1) is 0 Å². The average molecular weight is 262 g/mol. The highest BCUT2D eigenvalue weighted by molar-refractivity contribution is 6.67. The van der Waals surface area contributed by atoms with E-state index in [-0.39, 0.29) is 0 Å². The Bertz CT molecular complexity index is 167. The second kappa shape index (κ2) is 11.2. The molecule has 0 aromatic rings. The van der Waals surface area contributed by atoms with Gasteiger partial charge in [0.25, 0.3) is 0 Å². The first-order chi connectivity index (χ1) is 8.24. The summed E-state index contributed by atoms with van der Waals surface area (Å²) in [7, 11) is 1.55. The van der Waals surface area contributed by atoms with Crippen molar-refractivity contribution >= 4 is 8.56 Å². The number of hydrogen-bond acceptors (Lipinski definition) is 4. The SMILES string of the molecule is CO[Si](CCN)(CCCCCCCCN)OC. The van der Waals surface area contributed by atoms with Gasteiger partial charge in [-0.05, 0) is 25.6 Å². The molecule has 0 atom stereocenters. The van der Waals surface area contributed by atoms with Crippen molar-refractivity contribution in [1.29, 1.82) is 0 Å². The molecule has 0 aliphatic heterocycles. The van der Waals surface area contributed by atoms with Crippen LogP contribution in [0.15, 0.2) is 0 Å². The summed E-state index contributed by atoms with van der Waals surface area (Å²) in [5.74, 6) is 0. The van der Waals surface area contributed by atoms with Crippen LogP contribution in [0.3, 0.4) is 0 Å². The van der Waals surface area contributed by atoms with Crippen molar-refractivity contribution in [3.8, 4) is 0 Å². The first kappa shape index (κ1) is 17.1. The lowest BCUT2D eigenvalue weighted by Gasteiger charge is -2.26. The number of unbranched alkanes of at least 4 members (excludes halogenated alkanes) is 5. The molecular formula is C12H30N2O2Si. The van der Waals surface area contributed by atoms with Gasteiger partial charge in [0.2, 0.25) is 0 Å². The molecule has 0 saturated carbocycles. The highest BCUT2D eigenvalue weighted by Gasteiger charge is 2.33. The van der Waals surface area contributed by atoms with Gasteiger partial charge in [0, 0.05) is 20.3 Å². The van der Waals surface area contributed by atoms with Crippen molar-refractivity contribution < 1.29 is 8.85 Å². The van der Waals surface area contributed by atoms with Crippen LogP contribution in [0.5, 0.6) is 0 Å². The van der Waals surface area contributed by atoms with Gasteiger partial charge in [-0.2, -0.15) is 0 Å². The quantitative estimate of drug-likeness (QED) is 0.417. The molecule has 17 heavy (non-hydrogen) atoms. The molecule has 4 nitrogen and oxygen atoms in total. The van der Waals surface area contributed by atoms with Crippen molar-refractivity contribution in [2.24, 2.45) is 11.5 Å². The molecule has 0 unspecified atom stereocenters. The van der Waals surface area contributed by atoms with Gasteiger partial charge in [0.05, 0.1) is 0 Å². The molecule has 0 bridgehead atoms. The predicted molar refractivity (Wildman–Crippen MR) is 75.2 cm³/mol. The topological polar surface area (TPSA) is 70.5 Å². The maximum absolute atomic E-state index is 5.61. The lowest BCUT2D eigenvalue weighted by atomic mass is 10.1. The summed E-state index contributed by atoms with van der Waals surface area (Å²) in [6.07, 6.45) is 7.45. The second-order valence-corrected chi connectivity index (χ2v) is 8.16. The van der Waals surface area contributed by atoms with E-state index >= 15 is 0 Å². The van der Waals surface area contributed by atoms with E-state index in [1.54, 1.807) is 14.2 Å². The molecule has 0 aliphatic rings. The van der Waals surface area contributed by atoms with Crippen molar-refractivity contribution in [3.05, 3.63) is 0 Å². The molecule has 0 radical (unpaired) electrons. The Morgan fingerprint density at radius 3 is 1.71 bits per heavy atom. The van der Waals surface area contributed by atoms with E-state index in [0.717, 1.165) is 25.1 Å². The lowest BCUT2D eigenvalue weighted by Crippen LogP contribution is -2.41. The monoisotopic (exact) mass is 262 g/mol. The highest BCUT2D eigenvalue weighted by Crippen LogP contribution is 2.21. The minimum Gasteiger partial charge on any atom is -0.398 e. The average Bonchev–Trinajstić information content (AvgIpc) is 2.36. The molecular weight excluding hydrogens is 232 g/mol. The predicted octanol–water partition coefficient (Wildman–Crippen LogP) is 1.98. The molecule has 0 aliphatic carbocycles. The molecule has 0 rings (SSSR count). The van der Waals surface area contributed by atoms with Gasteiger partial charge in [-0.3, -0.25) is 0 Å². The van der Waals surface area contributed by atoms with Gasteiger partial charge >= 0.3 is 8.56 Å². The van der Waals surface area contributed by atoms with Gasteiger partial charge in [0.1, 0.15) is 0 Å². The summed E-state index contributed by atoms with van der Waals surface area (Å²) in [4.78, 5) is 0. The Labute approximate surface area is 107 Å². The second-order valence-electron chi connectivity index (χ2n) is 4.52. The third-order valence-corrected chi connectivity index (χ3v) is 6.93. The Morgan fingerprint density at radius 2 is 1.24 bits per heavy atom. The minimum atomic E-state index is -1.96. The fourth-order valence-corrected chi connectivity index (χ4v) is 4.54. The Balaban J connectivity index is 3.61. The van der Waals surface area contributed by atoms with Crippen molar-refractivity contribution in [3.63, 3.8) is 0 Å². The molecule has 4 N–H and O–H groups in total. The van der Waals surface area contributed by atoms with Crippen LogP contribution in [0, 0.1) is 0 Å². The summed E-state index contributed by atoms with van der Waals surface area (Å²) >= 11 is 0. The van der Waals surface area contributed by atoms with Crippen LogP contribution < -0.4 is 11.5 Å². The summed E-state index contributed by atoms with van der Waals surface area (Å²) < 4.78 is 11.2. The van der Waals surface area contributed by atoms with Gasteiger partial charge in [-0.25, -0.2) is 0 Å². The molecule has 0 aromatic heterocycles. The van der Waals surface area contributed by atoms with E-state index in [1.807, 2.05) is 0 Å². The van der Waals surface area contributed by atoms with E-state index in [2.05, 4.69) is 0 Å². The largest absolute Gasteiger partial charge is 0.398 e. The van der Waals surface area contributed by atoms with Crippen molar-refractivity contribution in [2.75, 3.05) is 27.3 Å². The third kappa shape index (κ3) is 7.89. The van der Waals surface area contributed by atoms with Gasteiger partial charge < -0.3 is 20.3 Å². The van der Waals surface area contributed by atoms with Crippen LogP contribution in [0.4, 0.5) is 0 Å². The summed E-state index contributed by atoms with van der Waals surface area (Å²) in [6.45, 7) is 1.48. The third-order valence-electron chi connectivity index (χ3n) is 3.28. The Morgan fingerprint density at radius 1 is 0.706 bits per heavy atom. The zero-order chi connectivity index (χ0) is 13.0. The first-order valence-corrected chi connectivity index (χ1v) is 8.98. The van der Waals surface area contributed by atoms with E-state index in [1.165, 1.54) is 32.1 Å². The highest BCUT2D eigenvalue weighted by atomic mass is 28.4. The van der Waals surface area contributed by atoms with Crippen LogP contribution in [0.1, 0.15) is 38.5 Å². The van der Waals surface area contributed by atoms with Crippen LogP contribution in [-0.4, -0.2) is 35.9 Å². The van der Waals surface area contributed by atoms with Gasteiger partial charge in [0.15, 0.2) is 0 Å². The number of nitrogens with two attached hydrogens (primary N) is 2. The maximum atomic E-state index is 5.61. The van der Waals surface area contributed by atoms with Crippen LogP contribution in [0.25, 0.3) is 0 Å². The van der Waals surface area contributed by atoms with Crippen LogP contribution in [0.2, 0.25) is 12.1 Å². The van der Waals surface area contributed by atoms with E-state index < -0.39 is 8.56 Å². The van der Waals surface area contributed by atoms with Gasteiger partial charge in [-0.1, -0.05) is 32.1 Å². The summed E-state index contributed by atoms with van der Waals surface area (Å²) in [5.41, 5.74) is 11.1. The van der Waals surface area contributed by atoms with Crippen LogP contribution in [-0.2, 0) is 8.85 Å². The minimum absolute atomic E-state index is 0.657. The normalized spacial score (nSPS) is 12.0. The Hall–Kier alpha value is 0.0569. The first-order valence-electron chi connectivity index (χ1n) is 6.75. The molecule has 0 fully saturated rings. The zero-order valence-electron chi connectivity index (χ0n) is 11.5. The fraction of sp³-hybridized carbons (Fsp3) is 1.00. The standard InChI is InChI=1S/C12H30N2O2Si/c1-15-17(16-2,12-10-14)11-8-6-4-3-5-7-9-13/h3-14H2,1-2H3. The Kier molecular flexibility index (Phi) is 11.2. The van der Waals surface area contributed by atoms with Crippen molar-refractivity contribution in [1.82, 2.24) is 0 Å². The fourth-order valence-electron chi connectivity index (χ4n) is 2.08. The van der Waals surface area contributed by atoms with Crippen LogP contribution >= 0.6 is 0 Å².